The van der Waals surface area contributed by atoms with E-state index in [1.807, 2.05) is 0 Å². The van der Waals surface area contributed by atoms with E-state index in [9.17, 15) is 8.42 Å². The van der Waals surface area contributed by atoms with E-state index >= 15 is 0 Å². The van der Waals surface area contributed by atoms with Crippen LogP contribution in [0, 0.1) is 0 Å². The van der Waals surface area contributed by atoms with Gasteiger partial charge in [0.2, 0.25) is 0 Å². The molecule has 0 spiro atoms. The zero-order chi connectivity index (χ0) is 10.6. The lowest BCUT2D eigenvalue weighted by molar-refractivity contribution is 0.236. The van der Waals surface area contributed by atoms with Gasteiger partial charge in [0, 0.05) is 32.7 Å². The molecule has 1 saturated heterocycles. The number of hydrogen-bond acceptors (Lipinski definition) is 4. The highest BCUT2D eigenvalue weighted by Gasteiger charge is 2.24. The molecule has 0 radical (unpaired) electrons. The second kappa shape index (κ2) is 5.06. The minimum Gasteiger partial charge on any atom is -0.314 e. The van der Waals surface area contributed by atoms with E-state index in [1.54, 1.807) is 6.92 Å². The summed E-state index contributed by atoms with van der Waals surface area (Å²) in [6.07, 6.45) is 0.461. The van der Waals surface area contributed by atoms with Gasteiger partial charge in [-0.3, -0.25) is 9.45 Å². The Morgan fingerprint density at radius 2 is 2.00 bits per heavy atom. The fourth-order valence-electron chi connectivity index (χ4n) is 1.62. The fourth-order valence-corrected chi connectivity index (χ4v) is 2.44. The van der Waals surface area contributed by atoms with Crippen molar-refractivity contribution in [1.29, 1.82) is 0 Å². The lowest BCUT2D eigenvalue weighted by Gasteiger charge is -2.29. The van der Waals surface area contributed by atoms with E-state index in [2.05, 4.69) is 10.2 Å². The highest BCUT2D eigenvalue weighted by molar-refractivity contribution is 7.86. The van der Waals surface area contributed by atoms with Crippen molar-refractivity contribution in [2.75, 3.05) is 32.7 Å². The minimum atomic E-state index is -3.88. The van der Waals surface area contributed by atoms with Crippen molar-refractivity contribution in [3.8, 4) is 0 Å². The number of rotatable bonds is 4. The summed E-state index contributed by atoms with van der Waals surface area (Å²) >= 11 is 0. The summed E-state index contributed by atoms with van der Waals surface area (Å²) in [6.45, 7) is 5.71. The number of nitrogens with one attached hydrogen (secondary N) is 1. The Balaban J connectivity index is 2.47. The largest absolute Gasteiger partial charge is 0.314 e. The molecule has 0 aromatic heterocycles. The number of nitrogens with zero attached hydrogens (tertiary/aromatic N) is 1. The van der Waals surface area contributed by atoms with Gasteiger partial charge >= 0.3 is 0 Å². The Morgan fingerprint density at radius 1 is 1.43 bits per heavy atom. The summed E-state index contributed by atoms with van der Waals surface area (Å²) in [5.74, 6) is 0. The first-order valence-corrected chi connectivity index (χ1v) is 6.43. The predicted octanol–water partition coefficient (Wildman–Crippen LogP) is -0.442. The molecule has 0 amide bonds. The van der Waals surface area contributed by atoms with Crippen molar-refractivity contribution in [3.05, 3.63) is 0 Å². The third kappa shape index (κ3) is 3.53. The van der Waals surface area contributed by atoms with Gasteiger partial charge in [-0.15, -0.1) is 0 Å². The van der Waals surface area contributed by atoms with Crippen LogP contribution in [0.25, 0.3) is 0 Å². The normalized spacial score (nSPS) is 22.1. The molecule has 1 aliphatic rings. The molecule has 1 unspecified atom stereocenters. The van der Waals surface area contributed by atoms with Crippen molar-refractivity contribution in [2.45, 2.75) is 18.6 Å². The molecule has 84 valence electrons. The van der Waals surface area contributed by atoms with E-state index in [4.69, 9.17) is 4.55 Å². The fraction of sp³-hybridized carbons (Fsp3) is 1.00. The first-order chi connectivity index (χ1) is 6.54. The van der Waals surface area contributed by atoms with E-state index in [0.717, 1.165) is 26.2 Å². The zero-order valence-electron chi connectivity index (χ0n) is 8.44. The molecular formula is C8H18N2O3S. The van der Waals surface area contributed by atoms with Crippen molar-refractivity contribution < 1.29 is 13.0 Å². The van der Waals surface area contributed by atoms with Gasteiger partial charge < -0.3 is 5.32 Å². The zero-order valence-corrected chi connectivity index (χ0v) is 9.26. The van der Waals surface area contributed by atoms with Gasteiger partial charge in [-0.25, -0.2) is 0 Å². The molecule has 1 atom stereocenters. The monoisotopic (exact) mass is 222 g/mol. The quantitative estimate of drug-likeness (QED) is 0.631. The second-order valence-electron chi connectivity index (χ2n) is 3.60. The summed E-state index contributed by atoms with van der Waals surface area (Å²) in [5, 5.41) is 2.55. The van der Waals surface area contributed by atoms with Gasteiger partial charge in [0.25, 0.3) is 10.1 Å². The van der Waals surface area contributed by atoms with Crippen molar-refractivity contribution >= 4 is 10.1 Å². The molecule has 1 rings (SSSR count). The van der Waals surface area contributed by atoms with Gasteiger partial charge in [0.1, 0.15) is 0 Å². The molecule has 0 bridgehead atoms. The third-order valence-corrected chi connectivity index (χ3v) is 3.87. The summed E-state index contributed by atoms with van der Waals surface area (Å²) in [5.41, 5.74) is 0. The van der Waals surface area contributed by atoms with Crippen LogP contribution in [0.1, 0.15) is 13.3 Å². The molecule has 1 heterocycles. The van der Waals surface area contributed by atoms with Gasteiger partial charge in [0.15, 0.2) is 0 Å². The van der Waals surface area contributed by atoms with E-state index in [-0.39, 0.29) is 0 Å². The van der Waals surface area contributed by atoms with Gasteiger partial charge in [-0.05, 0) is 6.42 Å². The van der Waals surface area contributed by atoms with Crippen LogP contribution in [0.15, 0.2) is 0 Å². The van der Waals surface area contributed by atoms with Crippen molar-refractivity contribution in [1.82, 2.24) is 10.2 Å². The Labute approximate surface area is 85.2 Å². The molecule has 0 aromatic rings. The standard InChI is InChI=1S/C8H18N2O3S/c1-2-8(14(11,12)13)7-10-5-3-9-4-6-10/h8-9H,2-7H2,1H3,(H,11,12,13). The maximum atomic E-state index is 10.9. The van der Waals surface area contributed by atoms with Crippen LogP contribution in [0.4, 0.5) is 0 Å². The van der Waals surface area contributed by atoms with Crippen LogP contribution in [-0.4, -0.2) is 55.8 Å². The van der Waals surface area contributed by atoms with E-state index in [0.29, 0.717) is 13.0 Å². The Kier molecular flexibility index (Phi) is 4.31. The first kappa shape index (κ1) is 11.9. The summed E-state index contributed by atoms with van der Waals surface area (Å²) in [6, 6.07) is 0. The van der Waals surface area contributed by atoms with Crippen LogP contribution in [0.2, 0.25) is 0 Å². The summed E-state index contributed by atoms with van der Waals surface area (Å²) in [7, 11) is -3.88. The molecule has 5 nitrogen and oxygen atoms in total. The second-order valence-corrected chi connectivity index (χ2v) is 5.29. The Hall–Kier alpha value is -0.170. The Bertz CT molecular complexity index is 260. The van der Waals surface area contributed by atoms with Gasteiger partial charge in [-0.1, -0.05) is 6.92 Å². The average Bonchev–Trinajstić information content (AvgIpc) is 2.14. The SMILES string of the molecule is CCC(CN1CCNCC1)S(=O)(=O)O. The maximum absolute atomic E-state index is 10.9. The van der Waals surface area contributed by atoms with Gasteiger partial charge in [-0.2, -0.15) is 8.42 Å². The number of hydrogen-bond donors (Lipinski definition) is 2. The molecule has 1 fully saturated rings. The smallest absolute Gasteiger partial charge is 0.269 e. The van der Waals surface area contributed by atoms with Crippen molar-refractivity contribution in [3.63, 3.8) is 0 Å². The number of piperazine rings is 1. The molecule has 1 aliphatic heterocycles. The first-order valence-electron chi connectivity index (χ1n) is 4.93. The Morgan fingerprint density at radius 3 is 2.43 bits per heavy atom. The molecule has 14 heavy (non-hydrogen) atoms. The molecule has 0 saturated carbocycles. The molecule has 0 aliphatic carbocycles. The molecule has 0 aromatic carbocycles. The van der Waals surface area contributed by atoms with E-state index < -0.39 is 15.4 Å². The van der Waals surface area contributed by atoms with Crippen LogP contribution in [0.3, 0.4) is 0 Å². The van der Waals surface area contributed by atoms with Crippen LogP contribution in [0.5, 0.6) is 0 Å². The van der Waals surface area contributed by atoms with Crippen LogP contribution >= 0.6 is 0 Å². The lowest BCUT2D eigenvalue weighted by Crippen LogP contribution is -2.47. The molecule has 2 N–H and O–H groups in total. The van der Waals surface area contributed by atoms with Gasteiger partial charge in [0.05, 0.1) is 5.25 Å². The third-order valence-electron chi connectivity index (χ3n) is 2.55. The molecule has 6 heteroatoms. The van der Waals surface area contributed by atoms with Crippen LogP contribution in [-0.2, 0) is 10.1 Å². The summed E-state index contributed by atoms with van der Waals surface area (Å²) < 4.78 is 30.8. The molecular weight excluding hydrogens is 204 g/mol. The summed E-state index contributed by atoms with van der Waals surface area (Å²) in [4.78, 5) is 2.07. The highest BCUT2D eigenvalue weighted by Crippen LogP contribution is 2.07. The minimum absolute atomic E-state index is 0.441. The maximum Gasteiger partial charge on any atom is 0.269 e. The topological polar surface area (TPSA) is 69.6 Å². The van der Waals surface area contributed by atoms with Crippen molar-refractivity contribution in [2.24, 2.45) is 0 Å². The lowest BCUT2D eigenvalue weighted by atomic mass is 10.3. The van der Waals surface area contributed by atoms with E-state index in [1.165, 1.54) is 0 Å². The average molecular weight is 222 g/mol. The predicted molar refractivity (Wildman–Crippen MR) is 54.9 cm³/mol. The van der Waals surface area contributed by atoms with Crippen LogP contribution < -0.4 is 5.32 Å². The highest BCUT2D eigenvalue weighted by atomic mass is 32.2.